The molecule has 0 bridgehead atoms. The molecule has 0 amide bonds. The topological polar surface area (TPSA) is 28.2 Å². The van der Waals surface area contributed by atoms with Crippen LogP contribution in [0.5, 0.6) is 0 Å². The number of likely N-dealkylation sites (tertiary alicyclic amines) is 1. The van der Waals surface area contributed by atoms with Crippen molar-refractivity contribution in [3.05, 3.63) is 30.1 Å². The van der Waals surface area contributed by atoms with Crippen molar-refractivity contribution >= 4 is 0 Å². The molecule has 1 aromatic rings. The van der Waals surface area contributed by atoms with Crippen molar-refractivity contribution < 1.29 is 0 Å². The van der Waals surface area contributed by atoms with E-state index in [-0.39, 0.29) is 0 Å². The molecule has 0 aromatic carbocycles. The number of aromatic nitrogens is 1. The van der Waals surface area contributed by atoms with Gasteiger partial charge in [-0.25, -0.2) is 0 Å². The smallest absolute Gasteiger partial charge is 0.0541 e. The lowest BCUT2D eigenvalue weighted by atomic mass is 10.1. The molecule has 0 unspecified atom stereocenters. The van der Waals surface area contributed by atoms with Crippen LogP contribution in [0.1, 0.15) is 25.0 Å². The monoisotopic (exact) mass is 219 g/mol. The minimum atomic E-state index is 0.884. The zero-order valence-corrected chi connectivity index (χ0v) is 9.86. The molecule has 1 fully saturated rings. The molecule has 0 atom stereocenters. The SMILES string of the molecule is c1ccc(CNCCN2CCCCC2)nc1. The van der Waals surface area contributed by atoms with Crippen molar-refractivity contribution in [3.8, 4) is 0 Å². The number of pyridine rings is 1. The first-order valence-corrected chi connectivity index (χ1v) is 6.28. The number of hydrogen-bond acceptors (Lipinski definition) is 3. The quantitative estimate of drug-likeness (QED) is 0.763. The maximum atomic E-state index is 4.29. The Kier molecular flexibility index (Phi) is 4.77. The first-order chi connectivity index (χ1) is 7.95. The van der Waals surface area contributed by atoms with Crippen molar-refractivity contribution in [2.24, 2.45) is 0 Å². The molecule has 1 aromatic heterocycles. The lowest BCUT2D eigenvalue weighted by Crippen LogP contribution is -2.35. The number of rotatable bonds is 5. The molecule has 0 radical (unpaired) electrons. The first kappa shape index (κ1) is 11.6. The van der Waals surface area contributed by atoms with Crippen molar-refractivity contribution in [2.75, 3.05) is 26.2 Å². The van der Waals surface area contributed by atoms with Crippen LogP contribution >= 0.6 is 0 Å². The minimum Gasteiger partial charge on any atom is -0.310 e. The van der Waals surface area contributed by atoms with Gasteiger partial charge in [0.25, 0.3) is 0 Å². The van der Waals surface area contributed by atoms with E-state index in [1.165, 1.54) is 38.9 Å². The van der Waals surface area contributed by atoms with E-state index >= 15 is 0 Å². The summed E-state index contributed by atoms with van der Waals surface area (Å²) in [5, 5.41) is 3.44. The fraction of sp³-hybridized carbons (Fsp3) is 0.615. The van der Waals surface area contributed by atoms with Crippen LogP contribution in [0, 0.1) is 0 Å². The summed E-state index contributed by atoms with van der Waals surface area (Å²) in [5.41, 5.74) is 1.13. The minimum absolute atomic E-state index is 0.884. The van der Waals surface area contributed by atoms with Gasteiger partial charge in [0.1, 0.15) is 0 Å². The summed E-state index contributed by atoms with van der Waals surface area (Å²) in [5.74, 6) is 0. The van der Waals surface area contributed by atoms with E-state index in [0.717, 1.165) is 18.8 Å². The third-order valence-electron chi connectivity index (χ3n) is 3.09. The van der Waals surface area contributed by atoms with Crippen molar-refractivity contribution in [3.63, 3.8) is 0 Å². The summed E-state index contributed by atoms with van der Waals surface area (Å²) >= 11 is 0. The van der Waals surface area contributed by atoms with Gasteiger partial charge in [-0.2, -0.15) is 0 Å². The predicted octanol–water partition coefficient (Wildman–Crippen LogP) is 1.66. The van der Waals surface area contributed by atoms with E-state index in [9.17, 15) is 0 Å². The van der Waals surface area contributed by atoms with Gasteiger partial charge in [-0.05, 0) is 38.1 Å². The molecular formula is C13H21N3. The highest BCUT2D eigenvalue weighted by atomic mass is 15.1. The zero-order valence-electron chi connectivity index (χ0n) is 9.86. The van der Waals surface area contributed by atoms with Gasteiger partial charge in [-0.1, -0.05) is 12.5 Å². The Hall–Kier alpha value is -0.930. The van der Waals surface area contributed by atoms with Crippen molar-refractivity contribution in [1.82, 2.24) is 15.2 Å². The first-order valence-electron chi connectivity index (χ1n) is 6.28. The highest BCUT2D eigenvalue weighted by Gasteiger charge is 2.08. The normalized spacial score (nSPS) is 17.5. The second-order valence-electron chi connectivity index (χ2n) is 4.40. The Morgan fingerprint density at radius 3 is 2.81 bits per heavy atom. The molecule has 0 spiro atoms. The van der Waals surface area contributed by atoms with E-state index in [0.29, 0.717) is 0 Å². The van der Waals surface area contributed by atoms with Gasteiger partial charge in [0, 0.05) is 25.8 Å². The van der Waals surface area contributed by atoms with Gasteiger partial charge in [0.05, 0.1) is 5.69 Å². The van der Waals surface area contributed by atoms with Crippen LogP contribution in [-0.2, 0) is 6.54 Å². The molecule has 88 valence electrons. The number of piperidine rings is 1. The van der Waals surface area contributed by atoms with Crippen LogP contribution in [0.15, 0.2) is 24.4 Å². The van der Waals surface area contributed by atoms with Crippen molar-refractivity contribution in [1.29, 1.82) is 0 Å². The summed E-state index contributed by atoms with van der Waals surface area (Å²) in [7, 11) is 0. The summed E-state index contributed by atoms with van der Waals surface area (Å²) in [6, 6.07) is 6.06. The molecule has 3 nitrogen and oxygen atoms in total. The average molecular weight is 219 g/mol. The molecule has 3 heteroatoms. The Labute approximate surface area is 97.9 Å². The highest BCUT2D eigenvalue weighted by molar-refractivity contribution is 5.02. The van der Waals surface area contributed by atoms with E-state index in [1.54, 1.807) is 0 Å². The fourth-order valence-corrected chi connectivity index (χ4v) is 2.14. The average Bonchev–Trinajstić information content (AvgIpc) is 2.37. The molecule has 16 heavy (non-hydrogen) atoms. The lowest BCUT2D eigenvalue weighted by molar-refractivity contribution is 0.229. The van der Waals surface area contributed by atoms with Gasteiger partial charge in [-0.3, -0.25) is 4.98 Å². The van der Waals surface area contributed by atoms with Gasteiger partial charge in [0.2, 0.25) is 0 Å². The maximum Gasteiger partial charge on any atom is 0.0541 e. The Morgan fingerprint density at radius 2 is 2.06 bits per heavy atom. The predicted molar refractivity (Wildman–Crippen MR) is 66.2 cm³/mol. The third-order valence-corrected chi connectivity index (χ3v) is 3.09. The third kappa shape index (κ3) is 3.91. The van der Waals surface area contributed by atoms with Crippen LogP contribution in [0.3, 0.4) is 0 Å². The number of nitrogens with zero attached hydrogens (tertiary/aromatic N) is 2. The molecule has 0 aliphatic carbocycles. The van der Waals surface area contributed by atoms with E-state index < -0.39 is 0 Å². The Morgan fingerprint density at radius 1 is 1.19 bits per heavy atom. The summed E-state index contributed by atoms with van der Waals surface area (Å²) in [6.45, 7) is 5.69. The second-order valence-corrected chi connectivity index (χ2v) is 4.40. The zero-order chi connectivity index (χ0) is 11.1. The summed E-state index contributed by atoms with van der Waals surface area (Å²) < 4.78 is 0. The lowest BCUT2D eigenvalue weighted by Gasteiger charge is -2.26. The standard InChI is InChI=1S/C13H21N3/c1-4-9-16(10-5-1)11-8-14-12-13-6-2-3-7-15-13/h2-3,6-7,14H,1,4-5,8-12H2. The van der Waals surface area contributed by atoms with E-state index in [4.69, 9.17) is 0 Å². The molecule has 1 saturated heterocycles. The highest BCUT2D eigenvalue weighted by Crippen LogP contribution is 2.07. The number of hydrogen-bond donors (Lipinski definition) is 1. The number of nitrogens with one attached hydrogen (secondary N) is 1. The van der Waals surface area contributed by atoms with Crippen LogP contribution in [0.2, 0.25) is 0 Å². The van der Waals surface area contributed by atoms with Gasteiger partial charge in [-0.15, -0.1) is 0 Å². The molecule has 2 heterocycles. The molecule has 1 aliphatic heterocycles. The maximum absolute atomic E-state index is 4.29. The summed E-state index contributed by atoms with van der Waals surface area (Å²) in [6.07, 6.45) is 6.01. The van der Waals surface area contributed by atoms with Gasteiger partial charge in [0.15, 0.2) is 0 Å². The summed E-state index contributed by atoms with van der Waals surface area (Å²) in [4.78, 5) is 6.84. The van der Waals surface area contributed by atoms with E-state index in [2.05, 4.69) is 21.3 Å². The van der Waals surface area contributed by atoms with E-state index in [1.807, 2.05) is 18.3 Å². The largest absolute Gasteiger partial charge is 0.310 e. The molecule has 0 saturated carbocycles. The van der Waals surface area contributed by atoms with Gasteiger partial charge >= 0.3 is 0 Å². The Bertz CT molecular complexity index is 280. The second kappa shape index (κ2) is 6.61. The van der Waals surface area contributed by atoms with Crippen LogP contribution < -0.4 is 5.32 Å². The molecule has 2 rings (SSSR count). The van der Waals surface area contributed by atoms with Crippen LogP contribution in [-0.4, -0.2) is 36.1 Å². The Balaban J connectivity index is 1.58. The fourth-order valence-electron chi connectivity index (χ4n) is 2.14. The van der Waals surface area contributed by atoms with Crippen LogP contribution in [0.4, 0.5) is 0 Å². The van der Waals surface area contributed by atoms with Crippen LogP contribution in [0.25, 0.3) is 0 Å². The molecular weight excluding hydrogens is 198 g/mol. The van der Waals surface area contributed by atoms with Gasteiger partial charge < -0.3 is 10.2 Å². The van der Waals surface area contributed by atoms with Crippen molar-refractivity contribution in [2.45, 2.75) is 25.8 Å². The molecule has 1 aliphatic rings. The molecule has 1 N–H and O–H groups in total.